The van der Waals surface area contributed by atoms with Gasteiger partial charge in [0, 0.05) is 37.8 Å². The molecule has 0 radical (unpaired) electrons. The van der Waals surface area contributed by atoms with Crippen molar-refractivity contribution in [1.82, 2.24) is 19.7 Å². The normalized spacial score (nSPS) is 14.2. The first-order chi connectivity index (χ1) is 12.2. The van der Waals surface area contributed by atoms with Crippen LogP contribution in [-0.4, -0.2) is 37.3 Å². The number of aromatic carboxylic acids is 1. The molecule has 0 fully saturated rings. The molecule has 0 spiro atoms. The number of nitrogens with zero attached hydrogens (tertiary/aromatic N) is 4. The maximum atomic E-state index is 11.7. The number of carboxylic acids is 1. The summed E-state index contributed by atoms with van der Waals surface area (Å²) in [6.45, 7) is 2.24. The molecule has 4 rings (SSSR count). The first-order valence-corrected chi connectivity index (χ1v) is 8.24. The van der Waals surface area contributed by atoms with E-state index in [1.54, 1.807) is 10.9 Å². The summed E-state index contributed by atoms with van der Waals surface area (Å²) in [6, 6.07) is 15.8. The van der Waals surface area contributed by atoms with Crippen molar-refractivity contribution in [3.8, 4) is 5.82 Å². The minimum Gasteiger partial charge on any atom is -0.476 e. The minimum absolute atomic E-state index is 0.124. The molecule has 3 heterocycles. The Kier molecular flexibility index (Phi) is 4.03. The highest BCUT2D eigenvalue weighted by molar-refractivity contribution is 5.87. The van der Waals surface area contributed by atoms with Crippen LogP contribution in [0.1, 0.15) is 27.3 Å². The van der Waals surface area contributed by atoms with Gasteiger partial charge in [-0.2, -0.15) is 5.10 Å². The molecular formula is C19H18N4O2. The SMILES string of the molecule is O=C(O)c1nn(-c2ccccn2)c2c1CN(Cc1ccccc1)CC2. The van der Waals surface area contributed by atoms with E-state index in [9.17, 15) is 9.90 Å². The van der Waals surface area contributed by atoms with Crippen LogP contribution in [0.2, 0.25) is 0 Å². The lowest BCUT2D eigenvalue weighted by Gasteiger charge is -2.27. The summed E-state index contributed by atoms with van der Waals surface area (Å²) in [5.41, 5.74) is 3.08. The summed E-state index contributed by atoms with van der Waals surface area (Å²) < 4.78 is 1.68. The molecule has 126 valence electrons. The quantitative estimate of drug-likeness (QED) is 0.794. The Balaban J connectivity index is 1.67. The van der Waals surface area contributed by atoms with Gasteiger partial charge in [-0.1, -0.05) is 36.4 Å². The fraction of sp³-hybridized carbons (Fsp3) is 0.211. The van der Waals surface area contributed by atoms with Crippen LogP contribution in [-0.2, 0) is 19.5 Å². The second-order valence-electron chi connectivity index (χ2n) is 6.13. The molecule has 1 aliphatic rings. The zero-order valence-electron chi connectivity index (χ0n) is 13.7. The van der Waals surface area contributed by atoms with Gasteiger partial charge < -0.3 is 5.11 Å². The van der Waals surface area contributed by atoms with Gasteiger partial charge in [0.25, 0.3) is 0 Å². The molecule has 0 unspecified atom stereocenters. The maximum absolute atomic E-state index is 11.7. The third-order valence-electron chi connectivity index (χ3n) is 4.45. The summed E-state index contributed by atoms with van der Waals surface area (Å²) in [4.78, 5) is 18.2. The lowest BCUT2D eigenvalue weighted by Crippen LogP contribution is -2.31. The van der Waals surface area contributed by atoms with E-state index in [1.165, 1.54) is 5.56 Å². The van der Waals surface area contributed by atoms with Crippen LogP contribution in [0.4, 0.5) is 0 Å². The van der Waals surface area contributed by atoms with Crippen LogP contribution in [0.5, 0.6) is 0 Å². The molecule has 25 heavy (non-hydrogen) atoms. The highest BCUT2D eigenvalue weighted by atomic mass is 16.4. The number of aromatic nitrogens is 3. The van der Waals surface area contributed by atoms with E-state index in [1.807, 2.05) is 36.4 Å². The van der Waals surface area contributed by atoms with Crippen molar-refractivity contribution in [3.05, 3.63) is 77.2 Å². The number of carboxylic acid groups (broad SMARTS) is 1. The molecule has 6 nitrogen and oxygen atoms in total. The van der Waals surface area contributed by atoms with Crippen LogP contribution in [0.25, 0.3) is 5.82 Å². The minimum atomic E-state index is -0.993. The predicted molar refractivity (Wildman–Crippen MR) is 92.6 cm³/mol. The van der Waals surface area contributed by atoms with Crippen molar-refractivity contribution in [3.63, 3.8) is 0 Å². The Bertz CT molecular complexity index is 891. The number of hydrogen-bond donors (Lipinski definition) is 1. The van der Waals surface area contributed by atoms with Gasteiger partial charge in [0.2, 0.25) is 0 Å². The molecule has 0 aliphatic carbocycles. The molecule has 0 atom stereocenters. The van der Waals surface area contributed by atoms with Gasteiger partial charge in [-0.25, -0.2) is 14.5 Å². The number of pyridine rings is 1. The number of hydrogen-bond acceptors (Lipinski definition) is 4. The largest absolute Gasteiger partial charge is 0.476 e. The van der Waals surface area contributed by atoms with Crippen LogP contribution < -0.4 is 0 Å². The Morgan fingerprint density at radius 1 is 1.12 bits per heavy atom. The predicted octanol–water partition coefficient (Wildman–Crippen LogP) is 2.52. The van der Waals surface area contributed by atoms with Crippen LogP contribution in [0, 0.1) is 0 Å². The zero-order chi connectivity index (χ0) is 17.2. The third kappa shape index (κ3) is 3.04. The summed E-state index contributed by atoms with van der Waals surface area (Å²) >= 11 is 0. The zero-order valence-corrected chi connectivity index (χ0v) is 13.7. The highest BCUT2D eigenvalue weighted by Gasteiger charge is 2.28. The van der Waals surface area contributed by atoms with Gasteiger partial charge in [0.1, 0.15) is 0 Å². The van der Waals surface area contributed by atoms with Crippen molar-refractivity contribution in [2.75, 3.05) is 6.54 Å². The van der Waals surface area contributed by atoms with Gasteiger partial charge in [0.15, 0.2) is 11.5 Å². The molecule has 0 saturated heterocycles. The van der Waals surface area contributed by atoms with Gasteiger partial charge in [0.05, 0.1) is 5.69 Å². The molecule has 1 N–H and O–H groups in total. The smallest absolute Gasteiger partial charge is 0.356 e. The Morgan fingerprint density at radius 3 is 2.64 bits per heavy atom. The molecule has 3 aromatic rings. The Morgan fingerprint density at radius 2 is 1.92 bits per heavy atom. The summed E-state index contributed by atoms with van der Waals surface area (Å²) in [7, 11) is 0. The standard InChI is InChI=1S/C19H18N4O2/c24-19(25)18-15-13-22(12-14-6-2-1-3-7-14)11-9-16(15)23(21-18)17-8-4-5-10-20-17/h1-8,10H,9,11-13H2,(H,24,25). The van der Waals surface area contributed by atoms with Gasteiger partial charge in [-0.3, -0.25) is 4.90 Å². The molecule has 0 bridgehead atoms. The Labute approximate surface area is 145 Å². The maximum Gasteiger partial charge on any atom is 0.356 e. The fourth-order valence-electron chi connectivity index (χ4n) is 3.29. The average Bonchev–Trinajstić information content (AvgIpc) is 3.02. The first-order valence-electron chi connectivity index (χ1n) is 8.24. The van der Waals surface area contributed by atoms with Crippen molar-refractivity contribution in [2.24, 2.45) is 0 Å². The Hall–Kier alpha value is -2.99. The second kappa shape index (κ2) is 6.49. The lowest BCUT2D eigenvalue weighted by atomic mass is 10.0. The number of fused-ring (bicyclic) bond motifs is 1. The first kappa shape index (κ1) is 15.5. The van der Waals surface area contributed by atoms with Crippen molar-refractivity contribution < 1.29 is 9.90 Å². The summed E-state index contributed by atoms with van der Waals surface area (Å²) in [5.74, 6) is -0.338. The van der Waals surface area contributed by atoms with E-state index in [-0.39, 0.29) is 5.69 Å². The van der Waals surface area contributed by atoms with Crippen LogP contribution in [0.3, 0.4) is 0 Å². The molecule has 2 aromatic heterocycles. The molecule has 1 aromatic carbocycles. The van der Waals surface area contributed by atoms with E-state index in [4.69, 9.17) is 0 Å². The summed E-state index contributed by atoms with van der Waals surface area (Å²) in [5, 5.41) is 13.9. The van der Waals surface area contributed by atoms with Crippen LogP contribution in [0.15, 0.2) is 54.7 Å². The second-order valence-corrected chi connectivity index (χ2v) is 6.13. The number of carbonyl (C=O) groups is 1. The molecule has 1 aliphatic heterocycles. The summed E-state index contributed by atoms with van der Waals surface area (Å²) in [6.07, 6.45) is 2.44. The van der Waals surface area contributed by atoms with Crippen molar-refractivity contribution in [1.29, 1.82) is 0 Å². The number of rotatable bonds is 4. The van der Waals surface area contributed by atoms with E-state index >= 15 is 0 Å². The van der Waals surface area contributed by atoms with E-state index in [2.05, 4.69) is 27.1 Å². The average molecular weight is 334 g/mol. The van der Waals surface area contributed by atoms with Gasteiger partial charge in [-0.15, -0.1) is 0 Å². The topological polar surface area (TPSA) is 71.2 Å². The van der Waals surface area contributed by atoms with E-state index < -0.39 is 5.97 Å². The lowest BCUT2D eigenvalue weighted by molar-refractivity contribution is 0.0687. The molecular weight excluding hydrogens is 316 g/mol. The van der Waals surface area contributed by atoms with Crippen molar-refractivity contribution in [2.45, 2.75) is 19.5 Å². The highest BCUT2D eigenvalue weighted by Crippen LogP contribution is 2.25. The van der Waals surface area contributed by atoms with Gasteiger partial charge >= 0.3 is 5.97 Å². The van der Waals surface area contributed by atoms with Crippen LogP contribution >= 0.6 is 0 Å². The molecule has 6 heteroatoms. The fourth-order valence-corrected chi connectivity index (χ4v) is 3.29. The van der Waals surface area contributed by atoms with E-state index in [0.29, 0.717) is 12.4 Å². The van der Waals surface area contributed by atoms with Gasteiger partial charge in [-0.05, 0) is 17.7 Å². The molecule has 0 amide bonds. The molecule has 0 saturated carbocycles. The monoisotopic (exact) mass is 334 g/mol. The van der Waals surface area contributed by atoms with Crippen molar-refractivity contribution >= 4 is 5.97 Å². The third-order valence-corrected chi connectivity index (χ3v) is 4.45. The number of benzene rings is 1. The van der Waals surface area contributed by atoms with E-state index in [0.717, 1.165) is 30.8 Å².